The number of anilines is 2. The van der Waals surface area contributed by atoms with Gasteiger partial charge in [0, 0.05) is 16.2 Å². The van der Waals surface area contributed by atoms with Crippen LogP contribution in [-0.2, 0) is 11.8 Å². The molecule has 226 valence electrons. The molecule has 19 heteroatoms. The first-order chi connectivity index (χ1) is 19.1. The Morgan fingerprint density at radius 3 is 2.02 bits per heavy atom. The average Bonchev–Trinajstić information content (AvgIpc) is 2.86. The summed E-state index contributed by atoms with van der Waals surface area (Å²) in [6.07, 6.45) is -18.4. The first-order valence-electron chi connectivity index (χ1n) is 10.6. The van der Waals surface area contributed by atoms with Gasteiger partial charge >= 0.3 is 24.2 Å². The van der Waals surface area contributed by atoms with E-state index in [2.05, 4.69) is 20.9 Å². The molecule has 0 unspecified atom stereocenters. The van der Waals surface area contributed by atoms with Gasteiger partial charge in [-0.15, -0.1) is 0 Å². The fourth-order valence-corrected chi connectivity index (χ4v) is 4.09. The number of carbonyl (C=O) groups is 2. The number of rotatable bonds is 5. The predicted octanol–water partition coefficient (Wildman–Crippen LogP) is 8.23. The molecule has 1 heterocycles. The first kappa shape index (κ1) is 33.0. The summed E-state index contributed by atoms with van der Waals surface area (Å²) < 4.78 is 148. The van der Waals surface area contributed by atoms with Crippen molar-refractivity contribution in [1.29, 1.82) is 0 Å². The third kappa shape index (κ3) is 6.14. The second-order valence-corrected chi connectivity index (χ2v) is 9.35. The zero-order valence-electron chi connectivity index (χ0n) is 19.7. The van der Waals surface area contributed by atoms with Crippen molar-refractivity contribution in [3.8, 4) is 0 Å². The van der Waals surface area contributed by atoms with E-state index in [1.807, 2.05) is 0 Å². The number of nitrogens with one attached hydrogen (secondary N) is 1. The van der Waals surface area contributed by atoms with Gasteiger partial charge in [-0.25, -0.2) is 13.8 Å². The number of alkyl halides is 10. The number of pyridine rings is 1. The Morgan fingerprint density at radius 2 is 1.52 bits per heavy atom. The zero-order valence-corrected chi connectivity index (χ0v) is 22.0. The highest BCUT2D eigenvalue weighted by Crippen LogP contribution is 2.55. The molecule has 0 radical (unpaired) electrons. The smallest absolute Gasteiger partial charge is 0.320 e. The summed E-state index contributed by atoms with van der Waals surface area (Å²) in [6.45, 7) is 0. The summed E-state index contributed by atoms with van der Waals surface area (Å²) in [5.74, 6) is -4.75. The highest BCUT2D eigenvalue weighted by molar-refractivity contribution is 9.10. The van der Waals surface area contributed by atoms with E-state index in [1.54, 1.807) is 0 Å². The summed E-state index contributed by atoms with van der Waals surface area (Å²) in [5.41, 5.74) is -15.1. The van der Waals surface area contributed by atoms with E-state index in [-0.39, 0.29) is 21.8 Å². The van der Waals surface area contributed by atoms with Crippen LogP contribution in [0.4, 0.5) is 59.7 Å². The molecule has 0 saturated heterocycles. The summed E-state index contributed by atoms with van der Waals surface area (Å²) in [6, 6.07) is 3.44. The molecule has 3 aromatic rings. The fraction of sp³-hybridized carbons (Fsp3) is 0.174. The molecule has 0 aliphatic heterocycles. The minimum atomic E-state index is -6.75. The van der Waals surface area contributed by atoms with Crippen molar-refractivity contribution in [2.45, 2.75) is 24.2 Å². The van der Waals surface area contributed by atoms with E-state index >= 15 is 4.39 Å². The number of hydrogen-bond donors (Lipinski definition) is 2. The molecule has 2 N–H and O–H groups in total. The second-order valence-electron chi connectivity index (χ2n) is 8.11. The van der Waals surface area contributed by atoms with Gasteiger partial charge in [-0.3, -0.25) is 14.8 Å². The lowest BCUT2D eigenvalue weighted by Crippen LogP contribution is -2.50. The van der Waals surface area contributed by atoms with Crippen LogP contribution in [0, 0.1) is 5.82 Å². The molecule has 0 aliphatic rings. The van der Waals surface area contributed by atoms with Gasteiger partial charge in [0.2, 0.25) is 0 Å². The van der Waals surface area contributed by atoms with Gasteiger partial charge in [-0.05, 0) is 52.3 Å². The van der Waals surface area contributed by atoms with E-state index in [9.17, 15) is 58.7 Å². The van der Waals surface area contributed by atoms with Crippen molar-refractivity contribution in [2.24, 2.45) is 0 Å². The summed E-state index contributed by atoms with van der Waals surface area (Å²) in [7, 11) is 0. The van der Waals surface area contributed by atoms with Gasteiger partial charge < -0.3 is 5.32 Å². The van der Waals surface area contributed by atoms with Crippen LogP contribution in [0.3, 0.4) is 0 Å². The normalized spacial score (nSPS) is 12.7. The molecule has 0 spiro atoms. The molecule has 0 atom stereocenters. The molecule has 6 nitrogen and oxygen atoms in total. The third-order valence-corrected chi connectivity index (χ3v) is 6.28. The molecule has 1 aromatic heterocycles. The van der Waals surface area contributed by atoms with Gasteiger partial charge in [0.05, 0.1) is 22.4 Å². The Bertz CT molecular complexity index is 1510. The molecule has 0 saturated carbocycles. The topological polar surface area (TPSA) is 82.5 Å². The number of halogens is 13. The van der Waals surface area contributed by atoms with Crippen LogP contribution in [0.5, 0.6) is 0 Å². The SMILES string of the molecule is O=C(Nc1c(Br)cc(C(F)(C(F)(F)F)C(F)(F)F)cc1C(F)(F)F)c1cccc(N(O)C(=O)c2ccc(Cl)nc2)c1F. The summed E-state index contributed by atoms with van der Waals surface area (Å²) in [4.78, 5) is 28.8. The van der Waals surface area contributed by atoms with Crippen molar-refractivity contribution < 1.29 is 63.1 Å². The molecule has 0 bridgehead atoms. The number of nitrogens with zero attached hydrogens (tertiary/aromatic N) is 2. The van der Waals surface area contributed by atoms with E-state index in [0.29, 0.717) is 6.07 Å². The molecular formula is C23H10BrClF11N3O3. The summed E-state index contributed by atoms with van der Waals surface area (Å²) >= 11 is 7.89. The van der Waals surface area contributed by atoms with Crippen molar-refractivity contribution in [1.82, 2.24) is 4.98 Å². The molecule has 42 heavy (non-hydrogen) atoms. The monoisotopic (exact) mass is 699 g/mol. The van der Waals surface area contributed by atoms with Gasteiger partial charge in [0.15, 0.2) is 5.82 Å². The van der Waals surface area contributed by atoms with E-state index in [1.165, 1.54) is 5.32 Å². The third-order valence-electron chi connectivity index (χ3n) is 5.43. The molecule has 0 aliphatic carbocycles. The Kier molecular flexibility index (Phi) is 8.87. The standard InChI is InChI=1S/C23H10BrClF11N3O3/c24-13-7-10(20(27,22(31,32)33)23(34,35)36)6-12(21(28,29)30)17(13)38-18(40)11-2-1-3-14(16(11)26)39(42)19(41)9-4-5-15(25)37-8-9/h1-8,42H,(H,38,40). The maximum atomic E-state index is 15.1. The molecule has 0 fully saturated rings. The van der Waals surface area contributed by atoms with Crippen molar-refractivity contribution in [2.75, 3.05) is 10.4 Å². The van der Waals surface area contributed by atoms with Crippen molar-refractivity contribution in [3.05, 3.63) is 86.4 Å². The highest BCUT2D eigenvalue weighted by Gasteiger charge is 2.73. The zero-order chi connectivity index (χ0) is 32.0. The molecule has 2 aromatic carbocycles. The Balaban J connectivity index is 2.07. The maximum Gasteiger partial charge on any atom is 0.435 e. The van der Waals surface area contributed by atoms with Crippen molar-refractivity contribution in [3.63, 3.8) is 0 Å². The number of amides is 2. The Morgan fingerprint density at radius 1 is 0.929 bits per heavy atom. The number of carbonyl (C=O) groups excluding carboxylic acids is 2. The highest BCUT2D eigenvalue weighted by atomic mass is 79.9. The lowest BCUT2D eigenvalue weighted by atomic mass is 9.92. The first-order valence-corrected chi connectivity index (χ1v) is 11.8. The largest absolute Gasteiger partial charge is 0.435 e. The Labute approximate surface area is 239 Å². The summed E-state index contributed by atoms with van der Waals surface area (Å²) in [5, 5.41) is 11.4. The van der Waals surface area contributed by atoms with Crippen LogP contribution in [0.2, 0.25) is 5.15 Å². The minimum absolute atomic E-state index is 0.0488. The lowest BCUT2D eigenvalue weighted by molar-refractivity contribution is -0.348. The quantitative estimate of drug-likeness (QED) is 0.122. The average molecular weight is 701 g/mol. The van der Waals surface area contributed by atoms with E-state index in [0.717, 1.165) is 30.5 Å². The number of benzene rings is 2. The molecule has 3 rings (SSSR count). The van der Waals surface area contributed by atoms with Gasteiger partial charge in [0.25, 0.3) is 11.8 Å². The lowest BCUT2D eigenvalue weighted by Gasteiger charge is -2.31. The van der Waals surface area contributed by atoms with Crippen LogP contribution in [0.1, 0.15) is 31.8 Å². The minimum Gasteiger partial charge on any atom is -0.320 e. The van der Waals surface area contributed by atoms with Gasteiger partial charge in [0.1, 0.15) is 10.8 Å². The molecular weight excluding hydrogens is 691 g/mol. The Hall–Kier alpha value is -3.51. The van der Waals surface area contributed by atoms with Crippen LogP contribution < -0.4 is 10.4 Å². The fourth-order valence-electron chi connectivity index (χ4n) is 3.42. The maximum absolute atomic E-state index is 15.1. The number of aromatic nitrogens is 1. The van der Waals surface area contributed by atoms with Crippen LogP contribution in [0.25, 0.3) is 0 Å². The van der Waals surface area contributed by atoms with Crippen LogP contribution in [0.15, 0.2) is 53.1 Å². The second kappa shape index (κ2) is 11.3. The predicted molar refractivity (Wildman–Crippen MR) is 126 cm³/mol. The van der Waals surface area contributed by atoms with Crippen LogP contribution >= 0.6 is 27.5 Å². The van der Waals surface area contributed by atoms with E-state index < -0.39 is 80.4 Å². The van der Waals surface area contributed by atoms with E-state index in [4.69, 9.17) is 11.6 Å². The molecule has 2 amide bonds. The number of hydrogen-bond acceptors (Lipinski definition) is 4. The van der Waals surface area contributed by atoms with Crippen LogP contribution in [-0.4, -0.2) is 34.4 Å². The number of hydroxylamine groups is 1. The van der Waals surface area contributed by atoms with Crippen molar-refractivity contribution >= 4 is 50.7 Å². The van der Waals surface area contributed by atoms with Gasteiger partial charge in [-0.1, -0.05) is 17.7 Å². The van der Waals surface area contributed by atoms with Gasteiger partial charge in [-0.2, -0.15) is 44.6 Å².